The molecule has 0 bridgehead atoms. The summed E-state index contributed by atoms with van der Waals surface area (Å²) in [7, 11) is 1.41. The summed E-state index contributed by atoms with van der Waals surface area (Å²) in [4.78, 5) is 11.4. The SMILES string of the molecule is COC(=O)C1=CC[C@H]([C@@](C)(O)CCC=C(C)C)CC1. The number of allylic oxidation sites excluding steroid dienone is 3. The van der Waals surface area contributed by atoms with Crippen LogP contribution >= 0.6 is 0 Å². The highest BCUT2D eigenvalue weighted by Crippen LogP contribution is 2.35. The van der Waals surface area contributed by atoms with Gasteiger partial charge in [-0.2, -0.15) is 0 Å². The van der Waals surface area contributed by atoms with Crippen molar-refractivity contribution >= 4 is 5.97 Å². The van der Waals surface area contributed by atoms with Crippen LogP contribution in [0.4, 0.5) is 0 Å². The first-order chi connectivity index (χ1) is 8.86. The van der Waals surface area contributed by atoms with E-state index in [1.165, 1.54) is 12.7 Å². The van der Waals surface area contributed by atoms with Gasteiger partial charge in [-0.3, -0.25) is 0 Å². The maximum atomic E-state index is 11.4. The maximum absolute atomic E-state index is 11.4. The fraction of sp³-hybridized carbons (Fsp3) is 0.688. The molecule has 3 nitrogen and oxygen atoms in total. The Balaban J connectivity index is 2.55. The zero-order chi connectivity index (χ0) is 14.5. The minimum Gasteiger partial charge on any atom is -0.466 e. The van der Waals surface area contributed by atoms with Crippen LogP contribution in [0.1, 0.15) is 52.9 Å². The van der Waals surface area contributed by atoms with Crippen molar-refractivity contribution in [2.24, 2.45) is 5.92 Å². The lowest BCUT2D eigenvalue weighted by molar-refractivity contribution is -0.136. The van der Waals surface area contributed by atoms with Gasteiger partial charge in [-0.25, -0.2) is 4.79 Å². The molecule has 0 radical (unpaired) electrons. The minimum atomic E-state index is -0.663. The topological polar surface area (TPSA) is 46.5 Å². The van der Waals surface area contributed by atoms with E-state index in [9.17, 15) is 9.90 Å². The van der Waals surface area contributed by atoms with Gasteiger partial charge in [0.1, 0.15) is 0 Å². The molecular weight excluding hydrogens is 240 g/mol. The molecule has 108 valence electrons. The number of aliphatic hydroxyl groups is 1. The third-order valence-electron chi connectivity index (χ3n) is 3.94. The molecule has 2 atom stereocenters. The van der Waals surface area contributed by atoms with Crippen LogP contribution in [0, 0.1) is 5.92 Å². The predicted molar refractivity (Wildman–Crippen MR) is 76.7 cm³/mol. The summed E-state index contributed by atoms with van der Waals surface area (Å²) < 4.78 is 4.72. The number of esters is 1. The minimum absolute atomic E-state index is 0.228. The molecule has 0 aromatic carbocycles. The van der Waals surface area contributed by atoms with Gasteiger partial charge in [0, 0.05) is 5.57 Å². The monoisotopic (exact) mass is 266 g/mol. The molecule has 0 saturated carbocycles. The van der Waals surface area contributed by atoms with Crippen LogP contribution in [-0.4, -0.2) is 23.8 Å². The number of carbonyl (C=O) groups is 1. The summed E-state index contributed by atoms with van der Waals surface area (Å²) >= 11 is 0. The Bertz CT molecular complexity index is 373. The highest BCUT2D eigenvalue weighted by Gasteiger charge is 2.33. The Labute approximate surface area is 116 Å². The van der Waals surface area contributed by atoms with Gasteiger partial charge in [0.25, 0.3) is 0 Å². The third kappa shape index (κ3) is 4.83. The van der Waals surface area contributed by atoms with Gasteiger partial charge in [0.2, 0.25) is 0 Å². The van der Waals surface area contributed by atoms with Crippen molar-refractivity contribution in [3.8, 4) is 0 Å². The molecule has 1 aliphatic carbocycles. The van der Waals surface area contributed by atoms with E-state index < -0.39 is 5.60 Å². The van der Waals surface area contributed by atoms with Crippen LogP contribution in [-0.2, 0) is 9.53 Å². The number of hydrogen-bond acceptors (Lipinski definition) is 3. The predicted octanol–water partition coefficient (Wildman–Crippen LogP) is 3.38. The van der Waals surface area contributed by atoms with E-state index in [4.69, 9.17) is 4.74 Å². The van der Waals surface area contributed by atoms with E-state index in [0.29, 0.717) is 6.42 Å². The molecule has 0 saturated heterocycles. The number of rotatable bonds is 5. The molecule has 0 aromatic rings. The lowest BCUT2D eigenvalue weighted by atomic mass is 9.76. The van der Waals surface area contributed by atoms with E-state index in [2.05, 4.69) is 19.9 Å². The molecule has 0 aromatic heterocycles. The van der Waals surface area contributed by atoms with E-state index in [1.54, 1.807) is 0 Å². The van der Waals surface area contributed by atoms with Crippen LogP contribution in [0.3, 0.4) is 0 Å². The van der Waals surface area contributed by atoms with Gasteiger partial charge in [0.15, 0.2) is 0 Å². The molecule has 0 heterocycles. The standard InChI is InChI=1S/C16H26O3/c1-12(2)6-5-11-16(3,18)14-9-7-13(8-10-14)15(17)19-4/h6-7,14,18H,5,8-11H2,1-4H3/t14-,16-/m0/s1. The molecule has 0 aliphatic heterocycles. The highest BCUT2D eigenvalue weighted by atomic mass is 16.5. The van der Waals surface area contributed by atoms with Crippen LogP contribution in [0.15, 0.2) is 23.3 Å². The largest absolute Gasteiger partial charge is 0.466 e. The molecule has 1 N–H and O–H groups in total. The van der Waals surface area contributed by atoms with Gasteiger partial charge in [-0.05, 0) is 58.8 Å². The van der Waals surface area contributed by atoms with Gasteiger partial charge >= 0.3 is 5.97 Å². The Morgan fingerprint density at radius 3 is 2.74 bits per heavy atom. The van der Waals surface area contributed by atoms with Crippen molar-refractivity contribution in [1.29, 1.82) is 0 Å². The summed E-state index contributed by atoms with van der Waals surface area (Å²) in [5.74, 6) is -0.00546. The maximum Gasteiger partial charge on any atom is 0.333 e. The van der Waals surface area contributed by atoms with E-state index in [-0.39, 0.29) is 11.9 Å². The summed E-state index contributed by atoms with van der Waals surface area (Å²) in [5.41, 5.74) is 1.37. The first-order valence-corrected chi connectivity index (χ1v) is 7.00. The Hall–Kier alpha value is -1.09. The zero-order valence-electron chi connectivity index (χ0n) is 12.5. The molecule has 0 unspecified atom stereocenters. The van der Waals surface area contributed by atoms with Gasteiger partial charge in [0.05, 0.1) is 12.7 Å². The van der Waals surface area contributed by atoms with Crippen molar-refractivity contribution in [2.75, 3.05) is 7.11 Å². The molecule has 19 heavy (non-hydrogen) atoms. The molecule has 1 aliphatic rings. The summed E-state index contributed by atoms with van der Waals surface area (Å²) in [6.07, 6.45) is 8.07. The molecule has 0 amide bonds. The van der Waals surface area contributed by atoms with Crippen molar-refractivity contribution in [1.82, 2.24) is 0 Å². The summed E-state index contributed by atoms with van der Waals surface area (Å²) in [6.45, 7) is 6.05. The Kier molecular flexibility index (Phi) is 5.80. The number of methoxy groups -OCH3 is 1. The smallest absolute Gasteiger partial charge is 0.333 e. The van der Waals surface area contributed by atoms with Crippen molar-refractivity contribution < 1.29 is 14.6 Å². The van der Waals surface area contributed by atoms with Crippen LogP contribution in [0.25, 0.3) is 0 Å². The first kappa shape index (κ1) is 16.0. The van der Waals surface area contributed by atoms with Crippen LogP contribution in [0.2, 0.25) is 0 Å². The fourth-order valence-electron chi connectivity index (χ4n) is 2.57. The van der Waals surface area contributed by atoms with Gasteiger partial charge in [-0.15, -0.1) is 0 Å². The van der Waals surface area contributed by atoms with Crippen molar-refractivity contribution in [3.63, 3.8) is 0 Å². The average molecular weight is 266 g/mol. The van der Waals surface area contributed by atoms with Crippen LogP contribution < -0.4 is 0 Å². The molecule has 0 fully saturated rings. The number of carbonyl (C=O) groups excluding carboxylic acids is 1. The Morgan fingerprint density at radius 2 is 2.26 bits per heavy atom. The van der Waals surface area contributed by atoms with E-state index >= 15 is 0 Å². The van der Waals surface area contributed by atoms with E-state index in [1.807, 2.05) is 13.0 Å². The van der Waals surface area contributed by atoms with Crippen molar-refractivity contribution in [3.05, 3.63) is 23.3 Å². The molecule has 1 rings (SSSR count). The molecular formula is C16H26O3. The lowest BCUT2D eigenvalue weighted by Crippen LogP contribution is -2.35. The highest BCUT2D eigenvalue weighted by molar-refractivity contribution is 5.88. The fourth-order valence-corrected chi connectivity index (χ4v) is 2.57. The number of ether oxygens (including phenoxy) is 1. The van der Waals surface area contributed by atoms with Crippen molar-refractivity contribution in [2.45, 2.75) is 58.5 Å². The quantitative estimate of drug-likeness (QED) is 0.613. The zero-order valence-corrected chi connectivity index (χ0v) is 12.5. The lowest BCUT2D eigenvalue weighted by Gasteiger charge is -2.34. The summed E-state index contributed by atoms with van der Waals surface area (Å²) in [5, 5.41) is 10.6. The second-order valence-corrected chi connectivity index (χ2v) is 5.87. The van der Waals surface area contributed by atoms with Crippen LogP contribution in [0.5, 0.6) is 0 Å². The average Bonchev–Trinajstić information content (AvgIpc) is 2.37. The molecule has 0 spiro atoms. The number of hydrogen-bond donors (Lipinski definition) is 1. The Morgan fingerprint density at radius 1 is 1.58 bits per heavy atom. The van der Waals surface area contributed by atoms with Gasteiger partial charge < -0.3 is 9.84 Å². The third-order valence-corrected chi connectivity index (χ3v) is 3.94. The van der Waals surface area contributed by atoms with E-state index in [0.717, 1.165) is 31.3 Å². The van der Waals surface area contributed by atoms with Gasteiger partial charge in [-0.1, -0.05) is 17.7 Å². The first-order valence-electron chi connectivity index (χ1n) is 7.00. The normalized spacial score (nSPS) is 22.2. The molecule has 3 heteroatoms. The second kappa shape index (κ2) is 6.90. The second-order valence-electron chi connectivity index (χ2n) is 5.87. The summed E-state index contributed by atoms with van der Waals surface area (Å²) in [6, 6.07) is 0.